The molecule has 0 heteroatoms. The third kappa shape index (κ3) is 10.9. The number of unbranched alkanes of at least 4 members (excludes halogenated alkanes) is 19. The van der Waals surface area contributed by atoms with Gasteiger partial charge in [-0.25, -0.2) is 0 Å². The van der Waals surface area contributed by atoms with E-state index in [2.05, 4.69) is 49.4 Å². The van der Waals surface area contributed by atoms with Crippen molar-refractivity contribution in [1.82, 2.24) is 0 Å². The van der Waals surface area contributed by atoms with Crippen molar-refractivity contribution in [1.29, 1.82) is 0 Å². The zero-order valence-corrected chi connectivity index (χ0v) is 23.1. The molecule has 0 amide bonds. The van der Waals surface area contributed by atoms with Gasteiger partial charge in [-0.2, -0.15) is 0 Å². The van der Waals surface area contributed by atoms with Crippen molar-refractivity contribution in [3.8, 4) is 11.1 Å². The van der Waals surface area contributed by atoms with E-state index in [0.29, 0.717) is 0 Å². The maximum Gasteiger partial charge on any atom is -0.00134 e. The van der Waals surface area contributed by atoms with E-state index in [4.69, 9.17) is 0 Å². The molecule has 0 saturated heterocycles. The van der Waals surface area contributed by atoms with Crippen LogP contribution in [0.4, 0.5) is 0 Å². The van der Waals surface area contributed by atoms with Crippen LogP contribution in [0, 0.1) is 0 Å². The molecule has 0 bridgehead atoms. The zero-order chi connectivity index (χ0) is 24.4. The normalized spacial score (nSPS) is 12.1. The van der Waals surface area contributed by atoms with Gasteiger partial charge in [0.25, 0.3) is 0 Å². The molecular weight excluding hydrogens is 420 g/mol. The minimum atomic E-state index is 1.12. The first-order chi connectivity index (χ1) is 17.4. The van der Waals surface area contributed by atoms with Crippen LogP contribution in [0.3, 0.4) is 0 Å². The molecule has 194 valence electrons. The van der Waals surface area contributed by atoms with Crippen molar-refractivity contribution in [3.05, 3.63) is 59.2 Å². The topological polar surface area (TPSA) is 0 Å². The van der Waals surface area contributed by atoms with Gasteiger partial charge in [-0.15, -0.1) is 0 Å². The summed E-state index contributed by atoms with van der Waals surface area (Å²) >= 11 is 0. The lowest BCUT2D eigenvalue weighted by atomic mass is 9.99. The van der Waals surface area contributed by atoms with Gasteiger partial charge in [-0.05, 0) is 47.1 Å². The van der Waals surface area contributed by atoms with Gasteiger partial charge in [-0.3, -0.25) is 0 Å². The fourth-order valence-corrected chi connectivity index (χ4v) is 5.94. The summed E-state index contributed by atoms with van der Waals surface area (Å²) in [7, 11) is 0. The Bertz CT molecular complexity index is 801. The minimum Gasteiger partial charge on any atom is -0.0654 e. The van der Waals surface area contributed by atoms with Crippen LogP contribution in [0.2, 0.25) is 0 Å². The Morgan fingerprint density at radius 2 is 0.914 bits per heavy atom. The first-order valence-electron chi connectivity index (χ1n) is 15.6. The molecule has 0 heterocycles. The van der Waals surface area contributed by atoms with Gasteiger partial charge in [0.05, 0.1) is 0 Å². The molecule has 0 aromatic heterocycles. The third-order valence-corrected chi connectivity index (χ3v) is 8.18. The van der Waals surface area contributed by atoms with Gasteiger partial charge in [0, 0.05) is 0 Å². The highest BCUT2D eigenvalue weighted by molar-refractivity contribution is 5.76. The molecule has 1 aliphatic carbocycles. The highest BCUT2D eigenvalue weighted by Gasteiger charge is 2.17. The Morgan fingerprint density at radius 3 is 1.46 bits per heavy atom. The van der Waals surface area contributed by atoms with Crippen molar-refractivity contribution in [2.45, 2.75) is 148 Å². The third-order valence-electron chi connectivity index (χ3n) is 8.18. The highest BCUT2D eigenvalue weighted by atomic mass is 14.2. The number of aryl methyl sites for hydroxylation is 1. The fourth-order valence-electron chi connectivity index (χ4n) is 5.94. The van der Waals surface area contributed by atoms with Gasteiger partial charge in [0.15, 0.2) is 0 Å². The summed E-state index contributed by atoms with van der Waals surface area (Å²) in [6, 6.07) is 16.1. The van der Waals surface area contributed by atoms with Crippen LogP contribution in [-0.2, 0) is 12.8 Å². The Morgan fingerprint density at radius 1 is 0.457 bits per heavy atom. The summed E-state index contributed by atoms with van der Waals surface area (Å²) in [6.45, 7) is 2.30. The van der Waals surface area contributed by atoms with E-state index in [0.717, 1.165) is 6.42 Å². The Balaban J connectivity index is 1.06. The molecule has 0 aliphatic heterocycles. The number of rotatable bonds is 21. The standard InChI is InChI=1S/C35H54/c1-2-3-4-5-6-7-8-9-10-11-12-13-14-15-16-17-18-19-20-21-24-31-27-28-35-33(29-31)30-32-25-22-23-26-34(32)35/h22-23,25-29H,2-21,24,30H2,1H3. The maximum absolute atomic E-state index is 2.48. The summed E-state index contributed by atoms with van der Waals surface area (Å²) in [4.78, 5) is 0. The van der Waals surface area contributed by atoms with Crippen molar-refractivity contribution in [2.75, 3.05) is 0 Å². The summed E-state index contributed by atoms with van der Waals surface area (Å²) < 4.78 is 0. The van der Waals surface area contributed by atoms with E-state index in [9.17, 15) is 0 Å². The number of fused-ring (bicyclic) bond motifs is 3. The molecule has 0 spiro atoms. The molecular formula is C35H54. The van der Waals surface area contributed by atoms with Gasteiger partial charge in [0.2, 0.25) is 0 Å². The molecule has 3 rings (SSSR count). The predicted molar refractivity (Wildman–Crippen MR) is 156 cm³/mol. The molecule has 2 aromatic rings. The lowest BCUT2D eigenvalue weighted by Crippen LogP contribution is -1.89. The van der Waals surface area contributed by atoms with Gasteiger partial charge in [-0.1, -0.05) is 171 Å². The average Bonchev–Trinajstić information content (AvgIpc) is 3.25. The largest absolute Gasteiger partial charge is 0.0654 e. The van der Waals surface area contributed by atoms with Crippen LogP contribution in [-0.4, -0.2) is 0 Å². The minimum absolute atomic E-state index is 1.12. The van der Waals surface area contributed by atoms with Crippen LogP contribution < -0.4 is 0 Å². The molecule has 0 N–H and O–H groups in total. The second-order valence-corrected chi connectivity index (χ2v) is 11.3. The van der Waals surface area contributed by atoms with Crippen LogP contribution in [0.25, 0.3) is 11.1 Å². The first-order valence-corrected chi connectivity index (χ1v) is 15.6. The van der Waals surface area contributed by atoms with Crippen molar-refractivity contribution >= 4 is 0 Å². The smallest absolute Gasteiger partial charge is 0.00134 e. The number of benzene rings is 2. The van der Waals surface area contributed by atoms with Crippen molar-refractivity contribution < 1.29 is 0 Å². The Labute approximate surface area is 218 Å². The van der Waals surface area contributed by atoms with Crippen LogP contribution in [0.15, 0.2) is 42.5 Å². The summed E-state index contributed by atoms with van der Waals surface area (Å²) in [5.41, 5.74) is 7.50. The van der Waals surface area contributed by atoms with Crippen molar-refractivity contribution in [2.24, 2.45) is 0 Å². The average molecular weight is 475 g/mol. The molecule has 0 radical (unpaired) electrons. The number of hydrogen-bond donors (Lipinski definition) is 0. The monoisotopic (exact) mass is 474 g/mol. The molecule has 0 saturated carbocycles. The number of hydrogen-bond acceptors (Lipinski definition) is 0. The fraction of sp³-hybridized carbons (Fsp3) is 0.657. The van der Waals surface area contributed by atoms with Crippen LogP contribution in [0.5, 0.6) is 0 Å². The maximum atomic E-state index is 2.48. The highest BCUT2D eigenvalue weighted by Crippen LogP contribution is 2.36. The summed E-state index contributed by atoms with van der Waals surface area (Å²) in [5, 5.41) is 0. The molecule has 2 aromatic carbocycles. The van der Waals surface area contributed by atoms with E-state index in [1.807, 2.05) is 0 Å². The molecule has 35 heavy (non-hydrogen) atoms. The Hall–Kier alpha value is -1.56. The SMILES string of the molecule is CCCCCCCCCCCCCCCCCCCCCCc1ccc2c(c1)Cc1ccccc1-2. The zero-order valence-electron chi connectivity index (χ0n) is 23.1. The Kier molecular flexibility index (Phi) is 14.3. The molecule has 0 nitrogen and oxygen atoms in total. The predicted octanol–water partition coefficient (Wildman–Crippen LogP) is 11.6. The molecule has 0 fully saturated rings. The molecule has 0 unspecified atom stereocenters. The summed E-state index contributed by atoms with van der Waals surface area (Å²) in [6.07, 6.45) is 31.4. The lowest BCUT2D eigenvalue weighted by Gasteiger charge is -2.06. The quantitative estimate of drug-likeness (QED) is 0.135. The van der Waals surface area contributed by atoms with E-state index < -0.39 is 0 Å². The van der Waals surface area contributed by atoms with Gasteiger partial charge < -0.3 is 0 Å². The van der Waals surface area contributed by atoms with Gasteiger partial charge >= 0.3 is 0 Å². The first kappa shape index (κ1) is 28.0. The van der Waals surface area contributed by atoms with Crippen molar-refractivity contribution in [3.63, 3.8) is 0 Å². The van der Waals surface area contributed by atoms with E-state index in [1.165, 1.54) is 157 Å². The van der Waals surface area contributed by atoms with E-state index in [1.54, 1.807) is 5.56 Å². The van der Waals surface area contributed by atoms with Gasteiger partial charge in [0.1, 0.15) is 0 Å². The van der Waals surface area contributed by atoms with Crippen LogP contribution >= 0.6 is 0 Å². The lowest BCUT2D eigenvalue weighted by molar-refractivity contribution is 0.521. The molecule has 0 atom stereocenters. The second-order valence-electron chi connectivity index (χ2n) is 11.3. The van der Waals surface area contributed by atoms with E-state index in [-0.39, 0.29) is 0 Å². The molecule has 1 aliphatic rings. The van der Waals surface area contributed by atoms with E-state index >= 15 is 0 Å². The second kappa shape index (κ2) is 17.8. The summed E-state index contributed by atoms with van der Waals surface area (Å²) in [5.74, 6) is 0. The van der Waals surface area contributed by atoms with Crippen LogP contribution in [0.1, 0.15) is 152 Å².